The molecule has 0 aromatic carbocycles. The van der Waals surface area contributed by atoms with Gasteiger partial charge in [-0.2, -0.15) is 4.98 Å². The summed E-state index contributed by atoms with van der Waals surface area (Å²) in [6.45, 7) is 2.33. The van der Waals surface area contributed by atoms with E-state index in [1.165, 1.54) is 19.3 Å². The molecular formula is C14H24N4O3. The van der Waals surface area contributed by atoms with Crippen molar-refractivity contribution in [2.45, 2.75) is 57.6 Å². The predicted octanol–water partition coefficient (Wildman–Crippen LogP) is 1.95. The number of carbonyl (C=O) groups is 1. The van der Waals surface area contributed by atoms with Crippen LogP contribution in [0.5, 0.6) is 0 Å². The van der Waals surface area contributed by atoms with Gasteiger partial charge in [-0.3, -0.25) is 0 Å². The first-order valence-corrected chi connectivity index (χ1v) is 7.58. The number of amides is 2. The molecule has 0 aliphatic heterocycles. The zero-order valence-corrected chi connectivity index (χ0v) is 12.7. The SMILES string of the molecule is CO[C@H](C)c1noc(CCNC(=O)NC2CCCCC2)n1. The van der Waals surface area contributed by atoms with E-state index in [1.807, 2.05) is 6.92 Å². The molecule has 1 aromatic heterocycles. The minimum atomic E-state index is -0.190. The van der Waals surface area contributed by atoms with Gasteiger partial charge in [0, 0.05) is 26.1 Å². The first-order chi connectivity index (χ1) is 10.2. The summed E-state index contributed by atoms with van der Waals surface area (Å²) in [4.78, 5) is 16.0. The van der Waals surface area contributed by atoms with Crippen molar-refractivity contribution in [1.82, 2.24) is 20.8 Å². The molecule has 0 radical (unpaired) electrons. The average molecular weight is 296 g/mol. The number of methoxy groups -OCH3 is 1. The molecule has 1 aromatic rings. The number of urea groups is 1. The van der Waals surface area contributed by atoms with Crippen molar-refractivity contribution in [2.75, 3.05) is 13.7 Å². The lowest BCUT2D eigenvalue weighted by Crippen LogP contribution is -2.43. The Balaban J connectivity index is 1.66. The normalized spacial score (nSPS) is 17.4. The molecule has 1 heterocycles. The molecule has 1 aliphatic carbocycles. The number of carbonyl (C=O) groups excluding carboxylic acids is 1. The van der Waals surface area contributed by atoms with Crippen LogP contribution in [0.4, 0.5) is 4.79 Å². The molecule has 1 atom stereocenters. The van der Waals surface area contributed by atoms with Gasteiger partial charge in [0.15, 0.2) is 5.82 Å². The lowest BCUT2D eigenvalue weighted by molar-refractivity contribution is 0.109. The number of nitrogens with zero attached hydrogens (tertiary/aromatic N) is 2. The highest BCUT2D eigenvalue weighted by atomic mass is 16.5. The molecule has 0 spiro atoms. The van der Waals surface area contributed by atoms with E-state index >= 15 is 0 Å². The van der Waals surface area contributed by atoms with Crippen molar-refractivity contribution in [2.24, 2.45) is 0 Å². The van der Waals surface area contributed by atoms with Crippen molar-refractivity contribution < 1.29 is 14.1 Å². The molecule has 2 N–H and O–H groups in total. The highest BCUT2D eigenvalue weighted by Crippen LogP contribution is 2.17. The van der Waals surface area contributed by atoms with Crippen LogP contribution in [0.15, 0.2) is 4.52 Å². The molecule has 2 amide bonds. The Morgan fingerprint density at radius 3 is 2.90 bits per heavy atom. The lowest BCUT2D eigenvalue weighted by atomic mass is 9.96. The second-order valence-corrected chi connectivity index (χ2v) is 5.41. The van der Waals surface area contributed by atoms with Crippen LogP contribution in [0.2, 0.25) is 0 Å². The van der Waals surface area contributed by atoms with Crippen molar-refractivity contribution in [3.63, 3.8) is 0 Å². The fourth-order valence-corrected chi connectivity index (χ4v) is 2.41. The predicted molar refractivity (Wildman–Crippen MR) is 76.8 cm³/mol. The molecule has 1 fully saturated rings. The van der Waals surface area contributed by atoms with Crippen LogP contribution >= 0.6 is 0 Å². The van der Waals surface area contributed by atoms with Gasteiger partial charge in [-0.15, -0.1) is 0 Å². The first kappa shape index (κ1) is 15.8. The number of rotatable bonds is 6. The molecule has 7 nitrogen and oxygen atoms in total. The van der Waals surface area contributed by atoms with Crippen LogP contribution in [0, 0.1) is 0 Å². The third-order valence-electron chi connectivity index (χ3n) is 3.77. The maximum atomic E-state index is 11.8. The quantitative estimate of drug-likeness (QED) is 0.837. The summed E-state index contributed by atoms with van der Waals surface area (Å²) in [5.41, 5.74) is 0. The third-order valence-corrected chi connectivity index (χ3v) is 3.77. The summed E-state index contributed by atoms with van der Waals surface area (Å²) < 4.78 is 10.2. The Labute approximate surface area is 124 Å². The summed E-state index contributed by atoms with van der Waals surface area (Å²) in [6, 6.07) is 0.197. The molecule has 1 saturated carbocycles. The summed E-state index contributed by atoms with van der Waals surface area (Å²) in [7, 11) is 1.60. The highest BCUT2D eigenvalue weighted by molar-refractivity contribution is 5.74. The lowest BCUT2D eigenvalue weighted by Gasteiger charge is -2.22. The van der Waals surface area contributed by atoms with Gasteiger partial charge in [0.1, 0.15) is 6.10 Å². The van der Waals surface area contributed by atoms with E-state index in [4.69, 9.17) is 9.26 Å². The van der Waals surface area contributed by atoms with Gasteiger partial charge in [-0.05, 0) is 19.8 Å². The Kier molecular flexibility index (Phi) is 5.98. The molecule has 1 aliphatic rings. The number of nitrogens with one attached hydrogen (secondary N) is 2. The van der Waals surface area contributed by atoms with E-state index in [-0.39, 0.29) is 12.1 Å². The standard InChI is InChI=1S/C14H24N4O3/c1-10(20-2)13-17-12(21-18-13)8-9-15-14(19)16-11-6-4-3-5-7-11/h10-11H,3-9H2,1-2H3,(H2,15,16,19)/t10-/m1/s1. The Morgan fingerprint density at radius 1 is 1.43 bits per heavy atom. The molecule has 118 valence electrons. The van der Waals surface area contributed by atoms with Gasteiger partial charge in [-0.1, -0.05) is 24.4 Å². The zero-order valence-electron chi connectivity index (χ0n) is 12.7. The maximum Gasteiger partial charge on any atom is 0.315 e. The van der Waals surface area contributed by atoms with E-state index in [0.717, 1.165) is 12.8 Å². The minimum Gasteiger partial charge on any atom is -0.374 e. The maximum absolute atomic E-state index is 11.8. The molecule has 21 heavy (non-hydrogen) atoms. The fourth-order valence-electron chi connectivity index (χ4n) is 2.41. The monoisotopic (exact) mass is 296 g/mol. The van der Waals surface area contributed by atoms with Gasteiger partial charge in [0.05, 0.1) is 0 Å². The Bertz CT molecular complexity index is 443. The average Bonchev–Trinajstić information content (AvgIpc) is 2.96. The second-order valence-electron chi connectivity index (χ2n) is 5.41. The molecular weight excluding hydrogens is 272 g/mol. The van der Waals surface area contributed by atoms with Crippen LogP contribution in [0.25, 0.3) is 0 Å². The van der Waals surface area contributed by atoms with Crippen LogP contribution < -0.4 is 10.6 Å². The van der Waals surface area contributed by atoms with Crippen molar-refractivity contribution in [3.05, 3.63) is 11.7 Å². The third kappa shape index (κ3) is 5.00. The second kappa shape index (κ2) is 7.97. The molecule has 0 unspecified atom stereocenters. The molecule has 0 bridgehead atoms. The molecule has 2 rings (SSSR count). The van der Waals surface area contributed by atoms with Crippen LogP contribution in [-0.4, -0.2) is 35.9 Å². The molecule has 0 saturated heterocycles. The van der Waals surface area contributed by atoms with Crippen molar-refractivity contribution in [3.8, 4) is 0 Å². The van der Waals surface area contributed by atoms with Gasteiger partial charge in [0.2, 0.25) is 5.89 Å². The van der Waals surface area contributed by atoms with E-state index in [1.54, 1.807) is 7.11 Å². The Hall–Kier alpha value is -1.63. The number of hydrogen-bond acceptors (Lipinski definition) is 5. The van der Waals surface area contributed by atoms with Crippen LogP contribution in [0.1, 0.15) is 56.8 Å². The smallest absolute Gasteiger partial charge is 0.315 e. The van der Waals surface area contributed by atoms with Crippen molar-refractivity contribution in [1.29, 1.82) is 0 Å². The minimum absolute atomic E-state index is 0.119. The van der Waals surface area contributed by atoms with E-state index in [2.05, 4.69) is 20.8 Å². The van der Waals surface area contributed by atoms with Gasteiger partial charge in [0.25, 0.3) is 0 Å². The van der Waals surface area contributed by atoms with Gasteiger partial charge < -0.3 is 19.9 Å². The van der Waals surface area contributed by atoms with Crippen LogP contribution in [0.3, 0.4) is 0 Å². The highest BCUT2D eigenvalue weighted by Gasteiger charge is 2.16. The number of hydrogen-bond donors (Lipinski definition) is 2. The van der Waals surface area contributed by atoms with E-state index < -0.39 is 0 Å². The molecule has 7 heteroatoms. The largest absolute Gasteiger partial charge is 0.374 e. The number of ether oxygens (including phenoxy) is 1. The van der Waals surface area contributed by atoms with Crippen LogP contribution in [-0.2, 0) is 11.2 Å². The van der Waals surface area contributed by atoms with Crippen molar-refractivity contribution >= 4 is 6.03 Å². The Morgan fingerprint density at radius 2 is 2.19 bits per heavy atom. The van der Waals surface area contributed by atoms with E-state index in [0.29, 0.717) is 30.7 Å². The van der Waals surface area contributed by atoms with E-state index in [9.17, 15) is 4.79 Å². The fraction of sp³-hybridized carbons (Fsp3) is 0.786. The summed E-state index contributed by atoms with van der Waals surface area (Å²) >= 11 is 0. The topological polar surface area (TPSA) is 89.3 Å². The summed E-state index contributed by atoms with van der Waals surface area (Å²) in [5.74, 6) is 1.03. The zero-order chi connectivity index (χ0) is 15.1. The first-order valence-electron chi connectivity index (χ1n) is 7.58. The summed E-state index contributed by atoms with van der Waals surface area (Å²) in [5, 5.41) is 9.66. The summed E-state index contributed by atoms with van der Waals surface area (Å²) in [6.07, 6.45) is 6.16. The number of aromatic nitrogens is 2. The van der Waals surface area contributed by atoms with Gasteiger partial charge in [-0.25, -0.2) is 4.79 Å². The van der Waals surface area contributed by atoms with Gasteiger partial charge >= 0.3 is 6.03 Å².